The van der Waals surface area contributed by atoms with E-state index < -0.39 is 7.81 Å². The van der Waals surface area contributed by atoms with Gasteiger partial charge in [0.1, 0.15) is 5.75 Å². The minimum atomic E-state index is -10.7. The molecule has 0 spiro atoms. The van der Waals surface area contributed by atoms with Crippen molar-refractivity contribution in [2.75, 3.05) is 18.3 Å². The van der Waals surface area contributed by atoms with Crippen LogP contribution in [0.3, 0.4) is 0 Å². The fourth-order valence-electron chi connectivity index (χ4n) is 1.61. The molecule has 0 unspecified atom stereocenters. The van der Waals surface area contributed by atoms with E-state index in [0.717, 1.165) is 0 Å². The van der Waals surface area contributed by atoms with Crippen molar-refractivity contribution in [3.63, 3.8) is 0 Å². The first kappa shape index (κ1) is 19.5. The van der Waals surface area contributed by atoms with Gasteiger partial charge in [0.25, 0.3) is 0 Å². The van der Waals surface area contributed by atoms with Gasteiger partial charge in [-0.3, -0.25) is 4.98 Å². The Bertz CT molecular complexity index is 417. The number of nitrogens with zero attached hydrogens (tertiary/aromatic N) is 1. The SMILES string of the molecule is C[S+](C)CC(C)(C)c1ccncc1.F[P-](F)(F)(F)(F)F. The van der Waals surface area contributed by atoms with Gasteiger partial charge in [0.05, 0.1) is 12.5 Å². The van der Waals surface area contributed by atoms with Crippen LogP contribution in [-0.2, 0) is 16.3 Å². The van der Waals surface area contributed by atoms with E-state index in [4.69, 9.17) is 0 Å². The summed E-state index contributed by atoms with van der Waals surface area (Å²) in [7, 11) is -10.2. The molecule has 0 fully saturated rings. The molecule has 0 aliphatic carbocycles. The van der Waals surface area contributed by atoms with Gasteiger partial charge < -0.3 is 0 Å². The number of hydrogen-bond acceptors (Lipinski definition) is 1. The fourth-order valence-corrected chi connectivity index (χ4v) is 3.22. The molecule has 20 heavy (non-hydrogen) atoms. The molecule has 0 aliphatic heterocycles. The second-order valence-corrected chi connectivity index (χ2v) is 9.38. The Hall–Kier alpha value is -0.490. The van der Waals surface area contributed by atoms with Gasteiger partial charge in [-0.2, -0.15) is 0 Å². The van der Waals surface area contributed by atoms with Gasteiger partial charge in [-0.15, -0.1) is 0 Å². The maximum atomic E-state index is 9.87. The molecule has 0 bridgehead atoms. The summed E-state index contributed by atoms with van der Waals surface area (Å²) in [6.45, 7) is 4.60. The van der Waals surface area contributed by atoms with Gasteiger partial charge >= 0.3 is 33.0 Å². The van der Waals surface area contributed by atoms with Gasteiger partial charge in [-0.25, -0.2) is 0 Å². The van der Waals surface area contributed by atoms with Gasteiger partial charge in [0.15, 0.2) is 0 Å². The summed E-state index contributed by atoms with van der Waals surface area (Å²) >= 11 is 0. The summed E-state index contributed by atoms with van der Waals surface area (Å²) in [6.07, 6.45) is 8.34. The molecule has 1 heterocycles. The monoisotopic (exact) mass is 341 g/mol. The molecule has 0 N–H and O–H groups in total. The van der Waals surface area contributed by atoms with Crippen molar-refractivity contribution in [2.45, 2.75) is 19.3 Å². The van der Waals surface area contributed by atoms with Crippen LogP contribution in [0.2, 0.25) is 0 Å². The molecule has 1 rings (SSSR count). The van der Waals surface area contributed by atoms with E-state index in [-0.39, 0.29) is 5.41 Å². The van der Waals surface area contributed by atoms with Crippen LogP contribution in [0.1, 0.15) is 19.4 Å². The van der Waals surface area contributed by atoms with Crippen LogP contribution >= 0.6 is 7.81 Å². The van der Waals surface area contributed by atoms with Crippen molar-refractivity contribution in [3.05, 3.63) is 30.1 Å². The Balaban J connectivity index is 0.000000441. The van der Waals surface area contributed by atoms with E-state index in [1.165, 1.54) is 11.3 Å². The van der Waals surface area contributed by atoms with Crippen molar-refractivity contribution in [2.24, 2.45) is 0 Å². The normalized spacial score (nSPS) is 15.9. The third-order valence-electron chi connectivity index (χ3n) is 2.11. The maximum absolute atomic E-state index is 10.7. The Morgan fingerprint density at radius 1 is 1.00 bits per heavy atom. The molecule has 0 amide bonds. The molecule has 0 aliphatic rings. The predicted octanol–water partition coefficient (Wildman–Crippen LogP) is 5.62. The molecule has 1 nitrogen and oxygen atoms in total. The predicted molar refractivity (Wildman–Crippen MR) is 74.9 cm³/mol. The second-order valence-electron chi connectivity index (χ2n) is 5.21. The number of hydrogen-bond donors (Lipinski definition) is 0. The molecule has 1 aromatic rings. The number of pyridine rings is 1. The van der Waals surface area contributed by atoms with E-state index in [9.17, 15) is 25.2 Å². The summed E-state index contributed by atoms with van der Waals surface area (Å²) in [5.41, 5.74) is 1.68. The van der Waals surface area contributed by atoms with Crippen molar-refractivity contribution in [3.8, 4) is 0 Å². The third-order valence-corrected chi connectivity index (χ3v) is 3.41. The van der Waals surface area contributed by atoms with E-state index in [1.807, 2.05) is 12.4 Å². The number of aromatic nitrogens is 1. The van der Waals surface area contributed by atoms with Crippen LogP contribution in [0.5, 0.6) is 0 Å². The average Bonchev–Trinajstić information content (AvgIpc) is 2.12. The quantitative estimate of drug-likeness (QED) is 0.395. The van der Waals surface area contributed by atoms with Gasteiger partial charge in [0.2, 0.25) is 0 Å². The van der Waals surface area contributed by atoms with E-state index in [2.05, 4.69) is 43.5 Å². The van der Waals surface area contributed by atoms with E-state index in [0.29, 0.717) is 10.9 Å². The summed E-state index contributed by atoms with van der Waals surface area (Å²) in [4.78, 5) is 4.04. The van der Waals surface area contributed by atoms with Gasteiger partial charge in [-0.05, 0) is 28.6 Å². The Labute approximate surface area is 117 Å². The standard InChI is InChI=1S/C11H18NS.F6P/c1-11(2,9-13(3)4)10-5-7-12-8-6-10;1-7(2,3,4,5)6/h5-8H,9H2,1-4H3;/q+1;-1. The molecule has 1 aromatic heterocycles. The first-order chi connectivity index (χ1) is 8.47. The molecule has 0 saturated heterocycles. The van der Waals surface area contributed by atoms with Crippen molar-refractivity contribution in [1.29, 1.82) is 0 Å². The van der Waals surface area contributed by atoms with Crippen molar-refractivity contribution in [1.82, 2.24) is 4.98 Å². The Morgan fingerprint density at radius 3 is 1.65 bits per heavy atom. The molecular formula is C11H18F6NPS. The summed E-state index contributed by atoms with van der Waals surface area (Å²) in [5.74, 6) is 1.25. The van der Waals surface area contributed by atoms with Gasteiger partial charge in [0, 0.05) is 17.8 Å². The molecule has 9 heteroatoms. The van der Waals surface area contributed by atoms with Crippen LogP contribution in [0.25, 0.3) is 0 Å². The zero-order valence-corrected chi connectivity index (χ0v) is 13.3. The molecule has 0 atom stereocenters. The first-order valence-electron chi connectivity index (χ1n) is 5.48. The fraction of sp³-hybridized carbons (Fsp3) is 0.545. The molecular weight excluding hydrogens is 323 g/mol. The molecule has 0 aromatic carbocycles. The number of rotatable bonds is 3. The van der Waals surface area contributed by atoms with Crippen LogP contribution in [0.4, 0.5) is 25.2 Å². The summed E-state index contributed by atoms with van der Waals surface area (Å²) < 4.78 is 59.2. The number of halogens is 6. The second kappa shape index (κ2) is 5.37. The zero-order chi connectivity index (χ0) is 16.3. The van der Waals surface area contributed by atoms with Crippen molar-refractivity contribution >= 4 is 18.7 Å². The molecule has 120 valence electrons. The van der Waals surface area contributed by atoms with E-state index >= 15 is 0 Å². The third kappa shape index (κ3) is 13.9. The van der Waals surface area contributed by atoms with Crippen LogP contribution in [-0.4, -0.2) is 23.2 Å². The average molecular weight is 341 g/mol. The van der Waals surface area contributed by atoms with E-state index in [1.54, 1.807) is 0 Å². The van der Waals surface area contributed by atoms with Crippen LogP contribution in [0, 0.1) is 0 Å². The molecule has 0 radical (unpaired) electrons. The summed E-state index contributed by atoms with van der Waals surface area (Å²) in [5, 5.41) is 0. The Kier molecular flexibility index (Phi) is 5.24. The topological polar surface area (TPSA) is 12.9 Å². The first-order valence-corrected chi connectivity index (χ1v) is 9.72. The zero-order valence-electron chi connectivity index (χ0n) is 11.6. The molecule has 0 saturated carbocycles. The Morgan fingerprint density at radius 2 is 1.35 bits per heavy atom. The van der Waals surface area contributed by atoms with Crippen LogP contribution in [0.15, 0.2) is 24.5 Å². The van der Waals surface area contributed by atoms with Gasteiger partial charge in [-0.1, -0.05) is 13.8 Å². The van der Waals surface area contributed by atoms with Crippen molar-refractivity contribution < 1.29 is 25.2 Å². The minimum absolute atomic E-state index is 0.287. The summed E-state index contributed by atoms with van der Waals surface area (Å²) in [6, 6.07) is 4.24. The van der Waals surface area contributed by atoms with Crippen LogP contribution < -0.4 is 0 Å².